The van der Waals surface area contributed by atoms with Crippen LogP contribution in [0.4, 0.5) is 0 Å². The summed E-state index contributed by atoms with van der Waals surface area (Å²) in [6.45, 7) is 4.45. The number of amides is 1. The Morgan fingerprint density at radius 1 is 1.16 bits per heavy atom. The van der Waals surface area contributed by atoms with Gasteiger partial charge in [0.25, 0.3) is 0 Å². The Bertz CT molecular complexity index is 940. The van der Waals surface area contributed by atoms with E-state index in [2.05, 4.69) is 10.2 Å². The molecule has 0 aromatic heterocycles. The van der Waals surface area contributed by atoms with Crippen molar-refractivity contribution in [3.8, 4) is 17.2 Å². The smallest absolute Gasteiger partial charge is 0.244 e. The van der Waals surface area contributed by atoms with Crippen LogP contribution in [0.3, 0.4) is 0 Å². The van der Waals surface area contributed by atoms with Crippen LogP contribution in [-0.2, 0) is 9.53 Å². The van der Waals surface area contributed by atoms with Crippen LogP contribution < -0.4 is 19.5 Å². The number of carbonyl (C=O) groups is 1. The lowest BCUT2D eigenvalue weighted by Gasteiger charge is -2.34. The SMILES string of the molecule is COc1cc(/C=C/C(=O)NCC(c2ccc(Cl)cc2)N2CCOCC2)cc2c1OCCO2. The molecular weight excluding hydrogens is 432 g/mol. The topological polar surface area (TPSA) is 69.3 Å². The fourth-order valence-electron chi connectivity index (χ4n) is 3.85. The summed E-state index contributed by atoms with van der Waals surface area (Å²) in [4.78, 5) is 14.9. The molecule has 2 aromatic rings. The molecule has 1 N–H and O–H groups in total. The monoisotopic (exact) mass is 458 g/mol. The van der Waals surface area contributed by atoms with Crippen LogP contribution in [0.15, 0.2) is 42.5 Å². The molecule has 2 aliphatic rings. The van der Waals surface area contributed by atoms with Crippen molar-refractivity contribution in [3.63, 3.8) is 0 Å². The maximum atomic E-state index is 12.6. The number of carbonyl (C=O) groups excluding carboxylic acids is 1. The molecule has 2 heterocycles. The molecule has 0 radical (unpaired) electrons. The zero-order valence-electron chi connectivity index (χ0n) is 18.0. The molecule has 1 atom stereocenters. The first-order chi connectivity index (χ1) is 15.6. The van der Waals surface area contributed by atoms with E-state index in [1.807, 2.05) is 36.4 Å². The van der Waals surface area contributed by atoms with E-state index < -0.39 is 0 Å². The van der Waals surface area contributed by atoms with Gasteiger partial charge in [-0.2, -0.15) is 0 Å². The second-order valence-corrected chi connectivity index (χ2v) is 7.98. The minimum atomic E-state index is -0.175. The number of rotatable bonds is 7. The van der Waals surface area contributed by atoms with Gasteiger partial charge < -0.3 is 24.3 Å². The molecule has 0 bridgehead atoms. The molecule has 2 aromatic carbocycles. The van der Waals surface area contributed by atoms with E-state index in [9.17, 15) is 4.79 Å². The van der Waals surface area contributed by atoms with Crippen molar-refractivity contribution in [3.05, 3.63) is 58.6 Å². The number of hydrogen-bond acceptors (Lipinski definition) is 6. The predicted molar refractivity (Wildman–Crippen MR) is 123 cm³/mol. The number of benzene rings is 2. The third kappa shape index (κ3) is 5.54. The molecule has 2 aliphatic heterocycles. The summed E-state index contributed by atoms with van der Waals surface area (Å²) in [5.41, 5.74) is 1.90. The maximum Gasteiger partial charge on any atom is 0.244 e. The van der Waals surface area contributed by atoms with Crippen molar-refractivity contribution < 1.29 is 23.7 Å². The van der Waals surface area contributed by atoms with E-state index in [1.54, 1.807) is 13.2 Å². The first-order valence-electron chi connectivity index (χ1n) is 10.6. The first-order valence-corrected chi connectivity index (χ1v) is 11.0. The number of methoxy groups -OCH3 is 1. The Balaban J connectivity index is 1.43. The van der Waals surface area contributed by atoms with Gasteiger partial charge in [0, 0.05) is 30.7 Å². The second kappa shape index (κ2) is 10.7. The van der Waals surface area contributed by atoms with Crippen LogP contribution in [0.1, 0.15) is 17.2 Å². The molecule has 32 heavy (non-hydrogen) atoms. The van der Waals surface area contributed by atoms with Crippen molar-refractivity contribution in [2.75, 3.05) is 53.2 Å². The van der Waals surface area contributed by atoms with E-state index in [1.165, 1.54) is 6.08 Å². The highest BCUT2D eigenvalue weighted by Gasteiger charge is 2.23. The Kier molecular flexibility index (Phi) is 7.52. The molecule has 0 spiro atoms. The Labute approximate surface area is 192 Å². The second-order valence-electron chi connectivity index (χ2n) is 7.54. The quantitative estimate of drug-likeness (QED) is 0.642. The minimum absolute atomic E-state index is 0.0444. The number of nitrogens with zero attached hydrogens (tertiary/aromatic N) is 1. The van der Waals surface area contributed by atoms with Gasteiger partial charge >= 0.3 is 0 Å². The van der Waals surface area contributed by atoms with Crippen molar-refractivity contribution in [1.82, 2.24) is 10.2 Å². The van der Waals surface area contributed by atoms with Crippen LogP contribution >= 0.6 is 11.6 Å². The van der Waals surface area contributed by atoms with Gasteiger partial charge in [0.15, 0.2) is 11.5 Å². The number of morpholine rings is 1. The van der Waals surface area contributed by atoms with Crippen LogP contribution in [-0.4, -0.2) is 64.0 Å². The summed E-state index contributed by atoms with van der Waals surface area (Å²) in [7, 11) is 1.58. The van der Waals surface area contributed by atoms with E-state index in [4.69, 9.17) is 30.5 Å². The third-order valence-corrected chi connectivity index (χ3v) is 5.74. The normalized spacial score (nSPS) is 17.2. The van der Waals surface area contributed by atoms with Crippen LogP contribution in [0.2, 0.25) is 5.02 Å². The summed E-state index contributed by atoms with van der Waals surface area (Å²) < 4.78 is 22.2. The zero-order valence-corrected chi connectivity index (χ0v) is 18.8. The fraction of sp³-hybridized carbons (Fsp3) is 0.375. The Hall–Kier alpha value is -2.74. The number of hydrogen-bond donors (Lipinski definition) is 1. The molecule has 1 amide bonds. The Morgan fingerprint density at radius 3 is 2.66 bits per heavy atom. The van der Waals surface area contributed by atoms with Crippen LogP contribution in [0.5, 0.6) is 17.2 Å². The molecular formula is C24H27ClN2O5. The average Bonchev–Trinajstić information content (AvgIpc) is 2.84. The molecule has 8 heteroatoms. The highest BCUT2D eigenvalue weighted by Crippen LogP contribution is 2.40. The zero-order chi connectivity index (χ0) is 22.3. The molecule has 1 unspecified atom stereocenters. The van der Waals surface area contributed by atoms with Crippen molar-refractivity contribution >= 4 is 23.6 Å². The molecule has 4 rings (SSSR count). The van der Waals surface area contributed by atoms with E-state index >= 15 is 0 Å². The van der Waals surface area contributed by atoms with Crippen LogP contribution in [0.25, 0.3) is 6.08 Å². The van der Waals surface area contributed by atoms with Crippen molar-refractivity contribution in [2.24, 2.45) is 0 Å². The lowest BCUT2D eigenvalue weighted by molar-refractivity contribution is -0.116. The highest BCUT2D eigenvalue weighted by atomic mass is 35.5. The van der Waals surface area contributed by atoms with Crippen LogP contribution in [0, 0.1) is 0 Å². The lowest BCUT2D eigenvalue weighted by atomic mass is 10.0. The Morgan fingerprint density at radius 2 is 1.91 bits per heavy atom. The number of halogens is 1. The fourth-order valence-corrected chi connectivity index (χ4v) is 3.98. The third-order valence-electron chi connectivity index (χ3n) is 5.49. The van der Waals surface area contributed by atoms with E-state index in [-0.39, 0.29) is 11.9 Å². The summed E-state index contributed by atoms with van der Waals surface area (Å²) in [5, 5.41) is 3.72. The number of nitrogens with one attached hydrogen (secondary N) is 1. The van der Waals surface area contributed by atoms with Gasteiger partial charge in [-0.3, -0.25) is 9.69 Å². The molecule has 1 fully saturated rings. The van der Waals surface area contributed by atoms with Gasteiger partial charge in [-0.15, -0.1) is 0 Å². The highest BCUT2D eigenvalue weighted by molar-refractivity contribution is 6.30. The number of fused-ring (bicyclic) bond motifs is 1. The van der Waals surface area contributed by atoms with Crippen molar-refractivity contribution in [2.45, 2.75) is 6.04 Å². The molecule has 1 saturated heterocycles. The predicted octanol–water partition coefficient (Wildman–Crippen LogP) is 3.32. The standard InChI is InChI=1S/C24H27ClN2O5/c1-29-21-14-17(15-22-24(21)32-13-12-31-22)2-7-23(28)26-16-20(27-8-10-30-11-9-27)18-3-5-19(25)6-4-18/h2-7,14-15,20H,8-13,16H2,1H3,(H,26,28)/b7-2+. The summed E-state index contributed by atoms with van der Waals surface area (Å²) >= 11 is 6.06. The van der Waals surface area contributed by atoms with Gasteiger partial charge in [0.05, 0.1) is 26.4 Å². The van der Waals surface area contributed by atoms with E-state index in [0.717, 1.165) is 24.2 Å². The lowest BCUT2D eigenvalue weighted by Crippen LogP contribution is -2.43. The molecule has 0 saturated carbocycles. The largest absolute Gasteiger partial charge is 0.493 e. The summed E-state index contributed by atoms with van der Waals surface area (Å²) in [6.07, 6.45) is 3.26. The molecule has 7 nitrogen and oxygen atoms in total. The molecule has 170 valence electrons. The summed E-state index contributed by atoms with van der Waals surface area (Å²) in [6, 6.07) is 11.5. The van der Waals surface area contributed by atoms with E-state index in [0.29, 0.717) is 55.2 Å². The van der Waals surface area contributed by atoms with Gasteiger partial charge in [0.1, 0.15) is 13.2 Å². The minimum Gasteiger partial charge on any atom is -0.493 e. The van der Waals surface area contributed by atoms with Crippen molar-refractivity contribution in [1.29, 1.82) is 0 Å². The first kappa shape index (κ1) is 22.5. The van der Waals surface area contributed by atoms with Gasteiger partial charge in [-0.05, 0) is 41.5 Å². The summed E-state index contributed by atoms with van der Waals surface area (Å²) in [5.74, 6) is 1.62. The molecule has 0 aliphatic carbocycles. The van der Waals surface area contributed by atoms with Gasteiger partial charge in [-0.25, -0.2) is 0 Å². The maximum absolute atomic E-state index is 12.6. The van der Waals surface area contributed by atoms with Gasteiger partial charge in [0.2, 0.25) is 11.7 Å². The number of ether oxygens (including phenoxy) is 4. The average molecular weight is 459 g/mol. The van der Waals surface area contributed by atoms with Gasteiger partial charge in [-0.1, -0.05) is 23.7 Å².